The van der Waals surface area contributed by atoms with Gasteiger partial charge in [-0.2, -0.15) is 0 Å². The summed E-state index contributed by atoms with van der Waals surface area (Å²) >= 11 is 0. The summed E-state index contributed by atoms with van der Waals surface area (Å²) in [6, 6.07) is 8.69. The van der Waals surface area contributed by atoms with E-state index in [1.807, 2.05) is 0 Å². The highest BCUT2D eigenvalue weighted by atomic mass is 16.5. The van der Waals surface area contributed by atoms with E-state index in [0.29, 0.717) is 5.92 Å². The first-order valence-electron chi connectivity index (χ1n) is 7.60. The molecule has 20 heavy (non-hydrogen) atoms. The largest absolute Gasteiger partial charge is 0.384 e. The molecule has 1 atom stereocenters. The summed E-state index contributed by atoms with van der Waals surface area (Å²) in [5.74, 6) is 0.593. The molecule has 3 heteroatoms. The van der Waals surface area contributed by atoms with Gasteiger partial charge in [0.15, 0.2) is 0 Å². The maximum Gasteiger partial charge on any atom is 0.0760 e. The molecule has 0 amide bonds. The normalized spacial score (nSPS) is 27.9. The number of anilines is 1. The van der Waals surface area contributed by atoms with Gasteiger partial charge in [-0.3, -0.25) is 4.90 Å². The highest BCUT2D eigenvalue weighted by Gasteiger charge is 2.39. The molecule has 1 aromatic rings. The zero-order valence-corrected chi connectivity index (χ0v) is 13.1. The topological polar surface area (TPSA) is 24.5 Å². The number of ether oxygens (including phenoxy) is 1. The Morgan fingerprint density at radius 3 is 2.50 bits per heavy atom. The van der Waals surface area contributed by atoms with E-state index in [0.717, 1.165) is 26.2 Å². The van der Waals surface area contributed by atoms with Gasteiger partial charge in [-0.05, 0) is 39.3 Å². The van der Waals surface area contributed by atoms with Crippen LogP contribution in [-0.2, 0) is 4.74 Å². The highest BCUT2D eigenvalue weighted by Crippen LogP contribution is 2.34. The molecule has 0 aliphatic carbocycles. The number of hydrogen-bond donors (Lipinski definition) is 1. The Morgan fingerprint density at radius 2 is 1.80 bits per heavy atom. The third kappa shape index (κ3) is 2.84. The van der Waals surface area contributed by atoms with Crippen molar-refractivity contribution < 1.29 is 4.74 Å². The average Bonchev–Trinajstić information content (AvgIpc) is 2.69. The van der Waals surface area contributed by atoms with Crippen molar-refractivity contribution in [3.05, 3.63) is 29.8 Å². The summed E-state index contributed by atoms with van der Waals surface area (Å²) in [5.41, 5.74) is 2.65. The molecule has 1 fully saturated rings. The van der Waals surface area contributed by atoms with Crippen LogP contribution >= 0.6 is 0 Å². The summed E-state index contributed by atoms with van der Waals surface area (Å²) in [6.45, 7) is 13.0. The Labute approximate surface area is 122 Å². The Morgan fingerprint density at radius 1 is 1.15 bits per heavy atom. The fourth-order valence-electron chi connectivity index (χ4n) is 3.91. The Kier molecular flexibility index (Phi) is 3.30. The molecule has 1 unspecified atom stereocenters. The van der Waals surface area contributed by atoms with Crippen molar-refractivity contribution >= 4 is 5.69 Å². The van der Waals surface area contributed by atoms with Crippen LogP contribution < -0.4 is 5.32 Å². The minimum absolute atomic E-state index is 0.0622. The van der Waals surface area contributed by atoms with Crippen molar-refractivity contribution in [3.63, 3.8) is 0 Å². The highest BCUT2D eigenvalue weighted by molar-refractivity contribution is 5.57. The minimum Gasteiger partial charge on any atom is -0.384 e. The molecule has 3 rings (SSSR count). The summed E-state index contributed by atoms with van der Waals surface area (Å²) in [6.07, 6.45) is 0. The van der Waals surface area contributed by atoms with Crippen LogP contribution in [0.5, 0.6) is 0 Å². The molecule has 110 valence electrons. The van der Waals surface area contributed by atoms with Gasteiger partial charge in [0.1, 0.15) is 0 Å². The molecule has 1 N–H and O–H groups in total. The first-order chi connectivity index (χ1) is 9.35. The third-order valence-electron chi connectivity index (χ3n) is 4.18. The van der Waals surface area contributed by atoms with E-state index in [1.54, 1.807) is 0 Å². The lowest BCUT2D eigenvalue weighted by Crippen LogP contribution is -2.57. The standard InChI is InChI=1S/C17H26N2O/c1-16(2)11-19(12-17(3,4)20-16)10-13-9-18-15-8-6-5-7-14(13)15/h5-8,13,18H,9-12H2,1-4H3. The van der Waals surface area contributed by atoms with Crippen molar-refractivity contribution in [2.24, 2.45) is 0 Å². The van der Waals surface area contributed by atoms with Gasteiger partial charge in [0, 0.05) is 37.8 Å². The van der Waals surface area contributed by atoms with Crippen molar-refractivity contribution in [3.8, 4) is 0 Å². The summed E-state index contributed by atoms with van der Waals surface area (Å²) in [4.78, 5) is 2.57. The number of morpholine rings is 1. The van der Waals surface area contributed by atoms with Crippen LogP contribution in [-0.4, -0.2) is 42.3 Å². The van der Waals surface area contributed by atoms with Crippen molar-refractivity contribution in [1.82, 2.24) is 4.90 Å². The average molecular weight is 274 g/mol. The van der Waals surface area contributed by atoms with Crippen LogP contribution in [0.1, 0.15) is 39.2 Å². The van der Waals surface area contributed by atoms with E-state index in [-0.39, 0.29) is 11.2 Å². The maximum absolute atomic E-state index is 6.17. The molecule has 2 aliphatic heterocycles. The molecule has 3 nitrogen and oxygen atoms in total. The first-order valence-corrected chi connectivity index (χ1v) is 7.60. The van der Waals surface area contributed by atoms with Gasteiger partial charge in [0.05, 0.1) is 11.2 Å². The lowest BCUT2D eigenvalue weighted by molar-refractivity contribution is -0.180. The Balaban J connectivity index is 1.73. The third-order valence-corrected chi connectivity index (χ3v) is 4.18. The smallest absolute Gasteiger partial charge is 0.0760 e. The lowest BCUT2D eigenvalue weighted by Gasteiger charge is -2.47. The molecule has 0 spiro atoms. The number of nitrogens with zero attached hydrogens (tertiary/aromatic N) is 1. The van der Waals surface area contributed by atoms with Crippen LogP contribution in [0, 0.1) is 0 Å². The second-order valence-electron chi connectivity index (χ2n) is 7.46. The number of para-hydroxylation sites is 1. The summed E-state index contributed by atoms with van der Waals surface area (Å²) in [7, 11) is 0. The van der Waals surface area contributed by atoms with Gasteiger partial charge in [-0.25, -0.2) is 0 Å². The fraction of sp³-hybridized carbons (Fsp3) is 0.647. The van der Waals surface area contributed by atoms with Gasteiger partial charge in [-0.1, -0.05) is 18.2 Å². The van der Waals surface area contributed by atoms with Crippen LogP contribution in [0.3, 0.4) is 0 Å². The van der Waals surface area contributed by atoms with Gasteiger partial charge < -0.3 is 10.1 Å². The summed E-state index contributed by atoms with van der Waals surface area (Å²) < 4.78 is 6.17. The van der Waals surface area contributed by atoms with E-state index in [9.17, 15) is 0 Å². The molecular formula is C17H26N2O. The zero-order valence-electron chi connectivity index (χ0n) is 13.1. The summed E-state index contributed by atoms with van der Waals surface area (Å²) in [5, 5.41) is 3.52. The predicted molar refractivity (Wildman–Crippen MR) is 83.4 cm³/mol. The van der Waals surface area contributed by atoms with Crippen molar-refractivity contribution in [2.45, 2.75) is 44.8 Å². The fourth-order valence-corrected chi connectivity index (χ4v) is 3.91. The van der Waals surface area contributed by atoms with Gasteiger partial charge in [0.25, 0.3) is 0 Å². The second-order valence-corrected chi connectivity index (χ2v) is 7.46. The van der Waals surface area contributed by atoms with E-state index < -0.39 is 0 Å². The van der Waals surface area contributed by atoms with Gasteiger partial charge in [0.2, 0.25) is 0 Å². The minimum atomic E-state index is -0.0622. The van der Waals surface area contributed by atoms with E-state index >= 15 is 0 Å². The quantitative estimate of drug-likeness (QED) is 0.897. The molecule has 0 aromatic heterocycles. The maximum atomic E-state index is 6.17. The van der Waals surface area contributed by atoms with E-state index in [4.69, 9.17) is 4.74 Å². The van der Waals surface area contributed by atoms with Crippen LogP contribution in [0.15, 0.2) is 24.3 Å². The number of nitrogens with one attached hydrogen (secondary N) is 1. The predicted octanol–water partition coefficient (Wildman–Crippen LogP) is 3.09. The lowest BCUT2D eigenvalue weighted by atomic mass is 9.95. The number of benzene rings is 1. The Bertz CT molecular complexity index is 480. The molecule has 2 heterocycles. The van der Waals surface area contributed by atoms with Crippen LogP contribution in [0.4, 0.5) is 5.69 Å². The van der Waals surface area contributed by atoms with E-state index in [2.05, 4.69) is 62.2 Å². The molecule has 0 saturated carbocycles. The van der Waals surface area contributed by atoms with Crippen molar-refractivity contribution in [2.75, 3.05) is 31.5 Å². The SMILES string of the molecule is CC1(C)CN(CC2CNc3ccccc32)CC(C)(C)O1. The van der Waals surface area contributed by atoms with E-state index in [1.165, 1.54) is 11.3 Å². The molecule has 1 saturated heterocycles. The van der Waals surface area contributed by atoms with Gasteiger partial charge >= 0.3 is 0 Å². The molecule has 1 aromatic carbocycles. The van der Waals surface area contributed by atoms with Crippen LogP contribution in [0.25, 0.3) is 0 Å². The first kappa shape index (κ1) is 13.9. The van der Waals surface area contributed by atoms with Crippen LogP contribution in [0.2, 0.25) is 0 Å². The van der Waals surface area contributed by atoms with Gasteiger partial charge in [-0.15, -0.1) is 0 Å². The monoisotopic (exact) mass is 274 g/mol. The Hall–Kier alpha value is -1.06. The molecule has 0 bridgehead atoms. The number of rotatable bonds is 2. The molecular weight excluding hydrogens is 248 g/mol. The van der Waals surface area contributed by atoms with Crippen molar-refractivity contribution in [1.29, 1.82) is 0 Å². The molecule has 0 radical (unpaired) electrons. The molecule has 2 aliphatic rings. The zero-order chi connectivity index (χ0) is 14.4. The number of fused-ring (bicyclic) bond motifs is 1. The number of hydrogen-bond acceptors (Lipinski definition) is 3. The second kappa shape index (κ2) is 4.74.